The SMILES string of the molecule is CN=C(NCCn1cccc1)NCC(C)(C)Cc1ccccc1. The van der Waals surface area contributed by atoms with E-state index in [0.717, 1.165) is 32.0 Å². The van der Waals surface area contributed by atoms with Gasteiger partial charge in [-0.15, -0.1) is 0 Å². The number of nitrogens with zero attached hydrogens (tertiary/aromatic N) is 2. The van der Waals surface area contributed by atoms with E-state index in [1.54, 1.807) is 0 Å². The fraction of sp³-hybridized carbons (Fsp3) is 0.421. The Kier molecular flexibility index (Phi) is 6.27. The van der Waals surface area contributed by atoms with E-state index in [1.807, 2.05) is 19.2 Å². The summed E-state index contributed by atoms with van der Waals surface area (Å²) in [7, 11) is 1.81. The minimum Gasteiger partial charge on any atom is -0.356 e. The first-order valence-electron chi connectivity index (χ1n) is 8.18. The molecule has 0 amide bonds. The van der Waals surface area contributed by atoms with Gasteiger partial charge in [-0.25, -0.2) is 0 Å². The molecule has 0 aliphatic rings. The van der Waals surface area contributed by atoms with Crippen molar-refractivity contribution in [3.63, 3.8) is 0 Å². The van der Waals surface area contributed by atoms with E-state index < -0.39 is 0 Å². The van der Waals surface area contributed by atoms with Crippen molar-refractivity contribution in [2.24, 2.45) is 10.4 Å². The van der Waals surface area contributed by atoms with Crippen LogP contribution in [0.1, 0.15) is 19.4 Å². The Morgan fingerprint density at radius 3 is 2.39 bits per heavy atom. The molecule has 0 saturated carbocycles. The van der Waals surface area contributed by atoms with Crippen LogP contribution in [0.5, 0.6) is 0 Å². The van der Waals surface area contributed by atoms with Crippen LogP contribution in [-0.4, -0.2) is 30.7 Å². The van der Waals surface area contributed by atoms with E-state index in [1.165, 1.54) is 5.56 Å². The maximum absolute atomic E-state index is 4.30. The van der Waals surface area contributed by atoms with E-state index >= 15 is 0 Å². The van der Waals surface area contributed by atoms with Crippen molar-refractivity contribution in [3.05, 3.63) is 60.4 Å². The number of guanidine groups is 1. The second kappa shape index (κ2) is 8.42. The number of rotatable bonds is 7. The van der Waals surface area contributed by atoms with Crippen LogP contribution in [0.2, 0.25) is 0 Å². The van der Waals surface area contributed by atoms with Gasteiger partial charge < -0.3 is 15.2 Å². The van der Waals surface area contributed by atoms with E-state index in [0.29, 0.717) is 0 Å². The molecule has 0 unspecified atom stereocenters. The lowest BCUT2D eigenvalue weighted by Gasteiger charge is -2.26. The maximum atomic E-state index is 4.30. The molecule has 0 spiro atoms. The average Bonchev–Trinajstić information content (AvgIpc) is 3.04. The summed E-state index contributed by atoms with van der Waals surface area (Å²) in [6, 6.07) is 14.7. The number of hydrogen-bond donors (Lipinski definition) is 2. The Hall–Kier alpha value is -2.23. The molecule has 0 aliphatic carbocycles. The van der Waals surface area contributed by atoms with Gasteiger partial charge in [0, 0.05) is 39.1 Å². The van der Waals surface area contributed by atoms with Crippen molar-refractivity contribution in [1.29, 1.82) is 0 Å². The average molecular weight is 312 g/mol. The van der Waals surface area contributed by atoms with Crippen LogP contribution in [0, 0.1) is 5.41 Å². The molecular weight excluding hydrogens is 284 g/mol. The largest absolute Gasteiger partial charge is 0.356 e. The molecule has 0 atom stereocenters. The predicted molar refractivity (Wildman–Crippen MR) is 97.7 cm³/mol. The van der Waals surface area contributed by atoms with E-state index in [4.69, 9.17) is 0 Å². The number of aliphatic imine (C=N–C) groups is 1. The number of nitrogens with one attached hydrogen (secondary N) is 2. The lowest BCUT2D eigenvalue weighted by atomic mass is 9.86. The Morgan fingerprint density at radius 1 is 1.04 bits per heavy atom. The first-order chi connectivity index (χ1) is 11.1. The molecule has 124 valence electrons. The first-order valence-corrected chi connectivity index (χ1v) is 8.18. The normalized spacial score (nSPS) is 12.2. The van der Waals surface area contributed by atoms with Crippen molar-refractivity contribution >= 4 is 5.96 Å². The highest BCUT2D eigenvalue weighted by Gasteiger charge is 2.18. The lowest BCUT2D eigenvalue weighted by Crippen LogP contribution is -2.43. The molecule has 0 aliphatic heterocycles. The molecule has 0 bridgehead atoms. The van der Waals surface area contributed by atoms with Crippen molar-refractivity contribution in [3.8, 4) is 0 Å². The topological polar surface area (TPSA) is 41.4 Å². The van der Waals surface area contributed by atoms with Crippen LogP contribution in [0.15, 0.2) is 59.9 Å². The molecule has 1 heterocycles. The Bertz CT molecular complexity index is 585. The van der Waals surface area contributed by atoms with Gasteiger partial charge in [-0.2, -0.15) is 0 Å². The third-order valence-electron chi connectivity index (χ3n) is 3.81. The van der Waals surface area contributed by atoms with Gasteiger partial charge >= 0.3 is 0 Å². The highest BCUT2D eigenvalue weighted by molar-refractivity contribution is 5.79. The molecule has 0 radical (unpaired) electrons. The van der Waals surface area contributed by atoms with Crippen LogP contribution in [0.3, 0.4) is 0 Å². The fourth-order valence-electron chi connectivity index (χ4n) is 2.58. The van der Waals surface area contributed by atoms with Crippen molar-refractivity contribution in [2.75, 3.05) is 20.1 Å². The second-order valence-corrected chi connectivity index (χ2v) is 6.60. The zero-order valence-corrected chi connectivity index (χ0v) is 14.4. The van der Waals surface area contributed by atoms with Gasteiger partial charge in [-0.3, -0.25) is 4.99 Å². The maximum Gasteiger partial charge on any atom is 0.191 e. The molecular formula is C19H28N4. The minimum absolute atomic E-state index is 0.166. The zero-order chi connectivity index (χ0) is 16.5. The van der Waals surface area contributed by atoms with Crippen LogP contribution < -0.4 is 10.6 Å². The summed E-state index contributed by atoms with van der Waals surface area (Å²) in [4.78, 5) is 4.30. The highest BCUT2D eigenvalue weighted by atomic mass is 15.2. The van der Waals surface area contributed by atoms with Crippen LogP contribution in [0.4, 0.5) is 0 Å². The quantitative estimate of drug-likeness (QED) is 0.610. The molecule has 4 nitrogen and oxygen atoms in total. The molecule has 2 N–H and O–H groups in total. The smallest absolute Gasteiger partial charge is 0.191 e. The van der Waals surface area contributed by atoms with Gasteiger partial charge in [-0.1, -0.05) is 44.2 Å². The Labute approximate surface area is 139 Å². The number of hydrogen-bond acceptors (Lipinski definition) is 1. The Morgan fingerprint density at radius 2 is 1.74 bits per heavy atom. The predicted octanol–water partition coefficient (Wildman–Crippen LogP) is 2.92. The van der Waals surface area contributed by atoms with Crippen LogP contribution in [0.25, 0.3) is 0 Å². The molecule has 0 saturated heterocycles. The summed E-state index contributed by atoms with van der Waals surface area (Å²) < 4.78 is 2.15. The van der Waals surface area contributed by atoms with Crippen LogP contribution >= 0.6 is 0 Å². The first kappa shape index (κ1) is 17.1. The van der Waals surface area contributed by atoms with Gasteiger partial charge in [0.05, 0.1) is 0 Å². The second-order valence-electron chi connectivity index (χ2n) is 6.60. The van der Waals surface area contributed by atoms with Crippen molar-refractivity contribution in [2.45, 2.75) is 26.8 Å². The van der Waals surface area contributed by atoms with Gasteiger partial charge in [0.25, 0.3) is 0 Å². The lowest BCUT2D eigenvalue weighted by molar-refractivity contribution is 0.359. The van der Waals surface area contributed by atoms with E-state index in [9.17, 15) is 0 Å². The summed E-state index contributed by atoms with van der Waals surface area (Å²) in [6.07, 6.45) is 5.18. The monoisotopic (exact) mass is 312 g/mol. The molecule has 1 aromatic carbocycles. The molecule has 0 fully saturated rings. The Balaban J connectivity index is 1.75. The van der Waals surface area contributed by atoms with Gasteiger partial charge in [0.15, 0.2) is 5.96 Å². The van der Waals surface area contributed by atoms with E-state index in [-0.39, 0.29) is 5.41 Å². The van der Waals surface area contributed by atoms with Crippen molar-refractivity contribution < 1.29 is 0 Å². The zero-order valence-electron chi connectivity index (χ0n) is 14.4. The molecule has 23 heavy (non-hydrogen) atoms. The third-order valence-corrected chi connectivity index (χ3v) is 3.81. The van der Waals surface area contributed by atoms with Gasteiger partial charge in [0.2, 0.25) is 0 Å². The van der Waals surface area contributed by atoms with Gasteiger partial charge in [0.1, 0.15) is 0 Å². The highest BCUT2D eigenvalue weighted by Crippen LogP contribution is 2.20. The summed E-state index contributed by atoms with van der Waals surface area (Å²) in [6.45, 7) is 7.22. The number of aromatic nitrogens is 1. The summed E-state index contributed by atoms with van der Waals surface area (Å²) >= 11 is 0. The standard InChI is InChI=1S/C19H28N4/c1-19(2,15-17-9-5-4-6-10-17)16-22-18(20-3)21-11-14-23-12-7-8-13-23/h4-10,12-13H,11,14-16H2,1-3H3,(H2,20,21,22). The van der Waals surface area contributed by atoms with Crippen molar-refractivity contribution in [1.82, 2.24) is 15.2 Å². The fourth-order valence-corrected chi connectivity index (χ4v) is 2.58. The number of benzene rings is 1. The minimum atomic E-state index is 0.166. The molecule has 4 heteroatoms. The summed E-state index contributed by atoms with van der Waals surface area (Å²) in [5, 5.41) is 6.80. The third kappa shape index (κ3) is 6.19. The summed E-state index contributed by atoms with van der Waals surface area (Å²) in [5.41, 5.74) is 1.54. The molecule has 2 rings (SSSR count). The molecule has 1 aromatic heterocycles. The molecule has 2 aromatic rings. The van der Waals surface area contributed by atoms with Gasteiger partial charge in [-0.05, 0) is 29.5 Å². The van der Waals surface area contributed by atoms with E-state index in [2.05, 4.69) is 76.8 Å². The van der Waals surface area contributed by atoms with Crippen LogP contribution in [-0.2, 0) is 13.0 Å². The summed E-state index contributed by atoms with van der Waals surface area (Å²) in [5.74, 6) is 0.860.